The summed E-state index contributed by atoms with van der Waals surface area (Å²) in [6.07, 6.45) is 6.50. The molecular formula is C16H18N2O2. The molecular weight excluding hydrogens is 252 g/mol. The summed E-state index contributed by atoms with van der Waals surface area (Å²) in [4.78, 5) is 3.97. The van der Waals surface area contributed by atoms with E-state index >= 15 is 0 Å². The number of rotatable bonds is 5. The monoisotopic (exact) mass is 270 g/mol. The molecule has 0 fully saturated rings. The second-order valence-corrected chi connectivity index (χ2v) is 3.78. The standard InChI is InChI=1S/C16H18N2O2/c1-4-9-15(16(18-19)17-12-20-3)14(5-2)13-10-7-6-8-11-13/h4-12,19H,1H2,2-3H3/b14-5-,15-9+,17-12?,18-16-. The van der Waals surface area contributed by atoms with Crippen LogP contribution in [-0.4, -0.2) is 24.6 Å². The molecule has 0 aliphatic heterocycles. The van der Waals surface area contributed by atoms with Crippen molar-refractivity contribution in [2.75, 3.05) is 7.11 Å². The molecule has 0 saturated carbocycles. The molecule has 1 N–H and O–H groups in total. The zero-order valence-corrected chi connectivity index (χ0v) is 11.7. The number of hydrogen-bond acceptors (Lipinski definition) is 3. The van der Waals surface area contributed by atoms with Crippen LogP contribution in [0, 0.1) is 0 Å². The van der Waals surface area contributed by atoms with Gasteiger partial charge in [0, 0.05) is 5.57 Å². The van der Waals surface area contributed by atoms with Crippen molar-refractivity contribution in [1.29, 1.82) is 0 Å². The Hall–Kier alpha value is -2.62. The maximum atomic E-state index is 9.16. The minimum atomic E-state index is 0.156. The number of allylic oxidation sites excluding steroid dienone is 3. The number of hydrogen-bond donors (Lipinski definition) is 1. The van der Waals surface area contributed by atoms with E-state index in [1.807, 2.05) is 43.3 Å². The van der Waals surface area contributed by atoms with Gasteiger partial charge < -0.3 is 9.94 Å². The maximum Gasteiger partial charge on any atom is 0.201 e. The van der Waals surface area contributed by atoms with Gasteiger partial charge in [-0.1, -0.05) is 60.3 Å². The van der Waals surface area contributed by atoms with Crippen LogP contribution in [0.4, 0.5) is 0 Å². The molecule has 0 aliphatic rings. The highest BCUT2D eigenvalue weighted by Gasteiger charge is 2.13. The van der Waals surface area contributed by atoms with Crippen molar-refractivity contribution in [2.45, 2.75) is 6.92 Å². The molecule has 0 heterocycles. The zero-order valence-electron chi connectivity index (χ0n) is 11.7. The quantitative estimate of drug-likeness (QED) is 0.292. The van der Waals surface area contributed by atoms with Crippen LogP contribution < -0.4 is 0 Å². The van der Waals surface area contributed by atoms with Gasteiger partial charge >= 0.3 is 0 Å². The Balaban J connectivity index is 3.29. The van der Waals surface area contributed by atoms with Crippen molar-refractivity contribution < 1.29 is 9.94 Å². The van der Waals surface area contributed by atoms with Crippen molar-refractivity contribution >= 4 is 17.8 Å². The summed E-state index contributed by atoms with van der Waals surface area (Å²) in [5, 5.41) is 12.4. The van der Waals surface area contributed by atoms with Crippen LogP contribution in [0.2, 0.25) is 0 Å². The second-order valence-electron chi connectivity index (χ2n) is 3.78. The number of aliphatic imine (C=N–C) groups is 1. The molecule has 20 heavy (non-hydrogen) atoms. The molecule has 0 bridgehead atoms. The predicted molar refractivity (Wildman–Crippen MR) is 83.1 cm³/mol. The summed E-state index contributed by atoms with van der Waals surface area (Å²) in [7, 11) is 1.48. The van der Waals surface area contributed by atoms with Crippen molar-refractivity contribution in [2.24, 2.45) is 10.1 Å². The van der Waals surface area contributed by atoms with E-state index in [9.17, 15) is 0 Å². The number of oxime groups is 1. The zero-order chi connectivity index (χ0) is 14.8. The first-order valence-corrected chi connectivity index (χ1v) is 6.11. The molecule has 0 atom stereocenters. The summed E-state index contributed by atoms with van der Waals surface area (Å²) < 4.78 is 4.77. The second kappa shape index (κ2) is 8.48. The molecule has 0 amide bonds. The number of nitrogens with zero attached hydrogens (tertiary/aromatic N) is 2. The van der Waals surface area contributed by atoms with Crippen LogP contribution in [0.15, 0.2) is 70.9 Å². The lowest BCUT2D eigenvalue weighted by atomic mass is 9.96. The van der Waals surface area contributed by atoms with Gasteiger partial charge in [-0.05, 0) is 18.1 Å². The molecule has 0 radical (unpaired) electrons. The van der Waals surface area contributed by atoms with Crippen LogP contribution in [0.5, 0.6) is 0 Å². The number of ether oxygens (including phenoxy) is 1. The highest BCUT2D eigenvalue weighted by atomic mass is 16.5. The Labute approximate surface area is 119 Å². The average Bonchev–Trinajstić information content (AvgIpc) is 2.50. The first-order valence-electron chi connectivity index (χ1n) is 6.11. The molecule has 0 saturated heterocycles. The highest BCUT2D eigenvalue weighted by molar-refractivity contribution is 6.14. The minimum absolute atomic E-state index is 0.156. The van der Waals surface area contributed by atoms with Crippen molar-refractivity contribution in [1.82, 2.24) is 0 Å². The summed E-state index contributed by atoms with van der Waals surface area (Å²) in [5.41, 5.74) is 2.55. The Morgan fingerprint density at radius 3 is 2.50 bits per heavy atom. The van der Waals surface area contributed by atoms with E-state index in [-0.39, 0.29) is 5.84 Å². The predicted octanol–water partition coefficient (Wildman–Crippen LogP) is 3.66. The van der Waals surface area contributed by atoms with Crippen molar-refractivity contribution in [3.05, 3.63) is 66.3 Å². The molecule has 0 spiro atoms. The van der Waals surface area contributed by atoms with Crippen molar-refractivity contribution in [3.8, 4) is 0 Å². The molecule has 1 rings (SSSR count). The molecule has 1 aromatic rings. The molecule has 0 aromatic heterocycles. The fourth-order valence-corrected chi connectivity index (χ4v) is 1.75. The van der Waals surface area contributed by atoms with E-state index in [1.54, 1.807) is 12.2 Å². The molecule has 0 aliphatic carbocycles. The molecule has 1 aromatic carbocycles. The first kappa shape index (κ1) is 15.4. The lowest BCUT2D eigenvalue weighted by Crippen LogP contribution is -2.04. The largest absolute Gasteiger partial charge is 0.486 e. The lowest BCUT2D eigenvalue weighted by molar-refractivity contribution is 0.318. The van der Waals surface area contributed by atoms with E-state index in [1.165, 1.54) is 13.5 Å². The van der Waals surface area contributed by atoms with Gasteiger partial charge in [-0.3, -0.25) is 0 Å². The van der Waals surface area contributed by atoms with Gasteiger partial charge in [-0.15, -0.1) is 0 Å². The van der Waals surface area contributed by atoms with Crippen LogP contribution in [0.25, 0.3) is 5.57 Å². The summed E-state index contributed by atoms with van der Waals surface area (Å²) in [6, 6.07) is 9.78. The third kappa shape index (κ3) is 3.95. The van der Waals surface area contributed by atoms with Crippen LogP contribution in [0.3, 0.4) is 0 Å². The SMILES string of the molecule is C=C/C=C(C(=C/C)\c1ccccc1)/C(N=COC)=N/O. The molecule has 104 valence electrons. The van der Waals surface area contributed by atoms with Crippen molar-refractivity contribution in [3.63, 3.8) is 0 Å². The van der Waals surface area contributed by atoms with Crippen LogP contribution in [-0.2, 0) is 4.74 Å². The highest BCUT2D eigenvalue weighted by Crippen LogP contribution is 2.24. The normalized spacial score (nSPS) is 13.6. The molecule has 0 unspecified atom stereocenters. The fourth-order valence-electron chi connectivity index (χ4n) is 1.75. The fraction of sp³-hybridized carbons (Fsp3) is 0.125. The summed E-state index contributed by atoms with van der Waals surface area (Å²) in [6.45, 7) is 5.60. The Morgan fingerprint density at radius 1 is 1.30 bits per heavy atom. The minimum Gasteiger partial charge on any atom is -0.486 e. The topological polar surface area (TPSA) is 54.2 Å². The number of amidine groups is 1. The molecule has 4 heteroatoms. The lowest BCUT2D eigenvalue weighted by Gasteiger charge is -2.10. The van der Waals surface area contributed by atoms with Gasteiger partial charge in [0.2, 0.25) is 5.84 Å². The van der Waals surface area contributed by atoms with Crippen LogP contribution >= 0.6 is 0 Å². The summed E-state index contributed by atoms with van der Waals surface area (Å²) >= 11 is 0. The van der Waals surface area contributed by atoms with Gasteiger partial charge in [-0.2, -0.15) is 4.99 Å². The van der Waals surface area contributed by atoms with Gasteiger partial charge in [-0.25, -0.2) is 0 Å². The average molecular weight is 270 g/mol. The van der Waals surface area contributed by atoms with Gasteiger partial charge in [0.1, 0.15) is 0 Å². The number of benzene rings is 1. The van der Waals surface area contributed by atoms with Crippen LogP contribution in [0.1, 0.15) is 12.5 Å². The van der Waals surface area contributed by atoms with E-state index in [2.05, 4.69) is 16.7 Å². The Bertz CT molecular complexity index is 555. The Morgan fingerprint density at radius 2 is 2.00 bits per heavy atom. The van der Waals surface area contributed by atoms with Gasteiger partial charge in [0.05, 0.1) is 7.11 Å². The molecule has 4 nitrogen and oxygen atoms in total. The van der Waals surface area contributed by atoms with E-state index < -0.39 is 0 Å². The van der Waals surface area contributed by atoms with E-state index in [0.29, 0.717) is 5.57 Å². The summed E-state index contributed by atoms with van der Waals surface area (Å²) in [5.74, 6) is 0.156. The number of methoxy groups -OCH3 is 1. The van der Waals surface area contributed by atoms with E-state index in [0.717, 1.165) is 11.1 Å². The third-order valence-electron chi connectivity index (χ3n) is 2.56. The third-order valence-corrected chi connectivity index (χ3v) is 2.56. The van der Waals surface area contributed by atoms with E-state index in [4.69, 9.17) is 9.94 Å². The van der Waals surface area contributed by atoms with Gasteiger partial charge in [0.15, 0.2) is 6.40 Å². The van der Waals surface area contributed by atoms with Gasteiger partial charge in [0.25, 0.3) is 0 Å². The maximum absolute atomic E-state index is 9.16. The Kier molecular flexibility index (Phi) is 6.54. The smallest absolute Gasteiger partial charge is 0.201 e. The first-order chi connectivity index (χ1) is 9.78.